The van der Waals surface area contributed by atoms with Gasteiger partial charge in [0.25, 0.3) is 0 Å². The Kier molecular flexibility index (Phi) is 4.43. The fraction of sp³-hybridized carbons (Fsp3) is 0.273. The number of alkyl halides is 1. The molecule has 2 aromatic rings. The molecular formula is C11H9ClN4O5. The Hall–Kier alpha value is -2.55. The van der Waals surface area contributed by atoms with Gasteiger partial charge in [-0.05, 0) is 0 Å². The lowest BCUT2D eigenvalue weighted by Gasteiger charge is -2.05. The Balaban J connectivity index is 2.12. The van der Waals surface area contributed by atoms with Gasteiger partial charge in [-0.1, -0.05) is 35.5 Å². The van der Waals surface area contributed by atoms with E-state index in [2.05, 4.69) is 10.1 Å². The maximum Gasteiger partial charge on any atom is 0.467 e. The fourth-order valence-corrected chi connectivity index (χ4v) is 1.97. The summed E-state index contributed by atoms with van der Waals surface area (Å²) in [7, 11) is 0. The Morgan fingerprint density at radius 1 is 1.19 bits per heavy atom. The van der Waals surface area contributed by atoms with Crippen molar-refractivity contribution in [1.82, 2.24) is 10.1 Å². The van der Waals surface area contributed by atoms with E-state index in [0.29, 0.717) is 5.56 Å². The summed E-state index contributed by atoms with van der Waals surface area (Å²) in [6.45, 7) is 0. The van der Waals surface area contributed by atoms with Crippen LogP contribution >= 0.6 is 11.6 Å². The molecule has 0 aliphatic carbocycles. The molecule has 2 rings (SSSR count). The summed E-state index contributed by atoms with van der Waals surface area (Å²) in [5.41, 5.74) is 0.693. The molecule has 0 aliphatic rings. The van der Waals surface area contributed by atoms with Gasteiger partial charge in [-0.15, -0.1) is 11.6 Å². The van der Waals surface area contributed by atoms with Gasteiger partial charge in [-0.3, -0.25) is 20.2 Å². The summed E-state index contributed by atoms with van der Waals surface area (Å²) < 4.78 is 4.91. The number of aromatic nitrogens is 2. The van der Waals surface area contributed by atoms with Gasteiger partial charge in [0.05, 0.1) is 16.3 Å². The highest BCUT2D eigenvalue weighted by Crippen LogP contribution is 2.18. The molecule has 0 spiro atoms. The van der Waals surface area contributed by atoms with Crippen LogP contribution in [0.25, 0.3) is 11.4 Å². The van der Waals surface area contributed by atoms with Crippen LogP contribution in [-0.2, 0) is 6.42 Å². The molecule has 0 amide bonds. The van der Waals surface area contributed by atoms with E-state index < -0.39 is 21.4 Å². The van der Waals surface area contributed by atoms with Crippen LogP contribution in [-0.4, -0.2) is 31.5 Å². The van der Waals surface area contributed by atoms with Gasteiger partial charge in [0.1, 0.15) is 0 Å². The van der Waals surface area contributed by atoms with Crippen LogP contribution in [0.2, 0.25) is 0 Å². The highest BCUT2D eigenvalue weighted by molar-refractivity contribution is 6.21. The van der Waals surface area contributed by atoms with Crippen molar-refractivity contribution in [3.05, 3.63) is 56.5 Å². The Labute approximate surface area is 122 Å². The molecule has 0 N–H and O–H groups in total. The number of nitrogens with zero attached hydrogens (tertiary/aromatic N) is 4. The summed E-state index contributed by atoms with van der Waals surface area (Å²) in [6.07, 6.45) is -2.40. The maximum atomic E-state index is 10.6. The molecule has 110 valence electrons. The first-order valence-electron chi connectivity index (χ1n) is 5.78. The summed E-state index contributed by atoms with van der Waals surface area (Å²) in [5.74, 6) is 0.288. The first-order valence-corrected chi connectivity index (χ1v) is 6.21. The van der Waals surface area contributed by atoms with Crippen LogP contribution in [0.3, 0.4) is 0 Å². The topological polar surface area (TPSA) is 125 Å². The maximum absolute atomic E-state index is 10.6. The SMILES string of the molecule is O=[N+]([O-])C(C(Cl)Cc1nc(-c2ccccc2)no1)[N+](=O)[O-]. The van der Waals surface area contributed by atoms with Gasteiger partial charge in [0.2, 0.25) is 11.7 Å². The van der Waals surface area contributed by atoms with Crippen molar-refractivity contribution >= 4 is 11.6 Å². The quantitative estimate of drug-likeness (QED) is 0.344. The summed E-state index contributed by atoms with van der Waals surface area (Å²) in [5, 5.41) is 23.5. The standard InChI is InChI=1S/C11H9ClN4O5/c12-8(11(15(17)18)16(19)20)6-9-13-10(14-21-9)7-4-2-1-3-5-7/h1-5,8,11H,6H2. The summed E-state index contributed by atoms with van der Waals surface area (Å²) in [4.78, 5) is 23.1. The monoisotopic (exact) mass is 312 g/mol. The molecule has 9 nitrogen and oxygen atoms in total. The van der Waals surface area contributed by atoms with Crippen LogP contribution < -0.4 is 0 Å². The van der Waals surface area contributed by atoms with Gasteiger partial charge < -0.3 is 4.52 Å². The third kappa shape index (κ3) is 3.51. The molecule has 0 bridgehead atoms. The van der Waals surface area contributed by atoms with E-state index in [1.165, 1.54) is 0 Å². The lowest BCUT2D eigenvalue weighted by Crippen LogP contribution is -2.38. The van der Waals surface area contributed by atoms with Crippen LogP contribution in [0.4, 0.5) is 0 Å². The van der Waals surface area contributed by atoms with Crippen molar-refractivity contribution in [3.63, 3.8) is 0 Å². The van der Waals surface area contributed by atoms with E-state index in [0.717, 1.165) is 0 Å². The molecule has 0 radical (unpaired) electrons. The van der Waals surface area contributed by atoms with Crippen molar-refractivity contribution in [1.29, 1.82) is 0 Å². The molecule has 1 aromatic carbocycles. The first kappa shape index (κ1) is 14.9. The molecule has 1 unspecified atom stereocenters. The molecule has 1 heterocycles. The lowest BCUT2D eigenvalue weighted by molar-refractivity contribution is -0.741. The van der Waals surface area contributed by atoms with Crippen LogP contribution in [0.5, 0.6) is 0 Å². The van der Waals surface area contributed by atoms with Gasteiger partial charge in [-0.25, -0.2) is 0 Å². The Morgan fingerprint density at radius 2 is 1.81 bits per heavy atom. The minimum atomic E-state index is -2.13. The molecule has 21 heavy (non-hydrogen) atoms. The van der Waals surface area contributed by atoms with E-state index >= 15 is 0 Å². The van der Waals surface area contributed by atoms with Gasteiger partial charge in [0, 0.05) is 5.56 Å². The van der Waals surface area contributed by atoms with Gasteiger partial charge >= 0.3 is 6.17 Å². The van der Waals surface area contributed by atoms with E-state index in [-0.39, 0.29) is 18.1 Å². The zero-order valence-corrected chi connectivity index (χ0v) is 11.2. The van der Waals surface area contributed by atoms with Crippen molar-refractivity contribution in [2.75, 3.05) is 0 Å². The third-order valence-electron chi connectivity index (χ3n) is 2.63. The molecule has 1 atom stereocenters. The van der Waals surface area contributed by atoms with Gasteiger partial charge in [-0.2, -0.15) is 4.98 Å². The average molecular weight is 313 g/mol. The second-order valence-electron chi connectivity index (χ2n) is 4.08. The Morgan fingerprint density at radius 3 is 2.38 bits per heavy atom. The average Bonchev–Trinajstić information content (AvgIpc) is 2.87. The number of rotatable bonds is 6. The minimum Gasteiger partial charge on any atom is -0.339 e. The molecule has 0 saturated heterocycles. The molecule has 0 aliphatic heterocycles. The fourth-order valence-electron chi connectivity index (χ4n) is 1.66. The molecule has 0 fully saturated rings. The molecule has 10 heteroatoms. The third-order valence-corrected chi connectivity index (χ3v) is 3.00. The van der Waals surface area contributed by atoms with Crippen molar-refractivity contribution in [2.24, 2.45) is 0 Å². The predicted molar refractivity (Wildman–Crippen MR) is 70.9 cm³/mol. The predicted octanol–water partition coefficient (Wildman–Crippen LogP) is 1.77. The normalized spacial score (nSPS) is 12.3. The Bertz CT molecular complexity index is 633. The highest BCUT2D eigenvalue weighted by Gasteiger charge is 2.42. The van der Waals surface area contributed by atoms with Crippen molar-refractivity contribution in [3.8, 4) is 11.4 Å². The van der Waals surface area contributed by atoms with E-state index in [9.17, 15) is 20.2 Å². The van der Waals surface area contributed by atoms with Gasteiger partial charge in [0.15, 0.2) is 5.38 Å². The summed E-state index contributed by atoms with van der Waals surface area (Å²) in [6, 6.07) is 8.89. The number of nitro groups is 2. The lowest BCUT2D eigenvalue weighted by atomic mass is 10.2. The van der Waals surface area contributed by atoms with Crippen molar-refractivity contribution in [2.45, 2.75) is 18.0 Å². The number of hydrogen-bond donors (Lipinski definition) is 0. The van der Waals surface area contributed by atoms with Crippen LogP contribution in [0, 0.1) is 20.2 Å². The van der Waals surface area contributed by atoms with Crippen LogP contribution in [0.15, 0.2) is 34.9 Å². The summed E-state index contributed by atoms with van der Waals surface area (Å²) >= 11 is 5.72. The number of hydrogen-bond acceptors (Lipinski definition) is 7. The number of benzene rings is 1. The number of halogens is 1. The smallest absolute Gasteiger partial charge is 0.339 e. The van der Waals surface area contributed by atoms with E-state index in [4.69, 9.17) is 16.1 Å². The van der Waals surface area contributed by atoms with E-state index in [1.807, 2.05) is 6.07 Å². The minimum absolute atomic E-state index is 0.00236. The zero-order valence-electron chi connectivity index (χ0n) is 10.5. The molecular weight excluding hydrogens is 304 g/mol. The second kappa shape index (κ2) is 6.27. The second-order valence-corrected chi connectivity index (χ2v) is 4.64. The van der Waals surface area contributed by atoms with Crippen molar-refractivity contribution < 1.29 is 14.4 Å². The molecule has 0 saturated carbocycles. The molecule has 1 aromatic heterocycles. The van der Waals surface area contributed by atoms with Crippen LogP contribution in [0.1, 0.15) is 5.89 Å². The highest BCUT2D eigenvalue weighted by atomic mass is 35.5. The first-order chi connectivity index (χ1) is 9.99. The largest absolute Gasteiger partial charge is 0.467 e. The van der Waals surface area contributed by atoms with E-state index in [1.54, 1.807) is 24.3 Å². The zero-order chi connectivity index (χ0) is 15.4.